The molecule has 0 aliphatic heterocycles. The number of halogens is 1. The summed E-state index contributed by atoms with van der Waals surface area (Å²) in [6.45, 7) is 0. The number of carbonyl (C=O) groups excluding carboxylic acids is 4. The van der Waals surface area contributed by atoms with Gasteiger partial charge in [-0.3, -0.25) is 14.4 Å². The molecule has 84 valence electrons. The fraction of sp³-hybridized carbons (Fsp3) is 0.600. The molecule has 0 unspecified atom stereocenters. The van der Waals surface area contributed by atoms with Gasteiger partial charge in [0.05, 0.1) is 12.8 Å². The molecule has 0 aliphatic rings. The van der Waals surface area contributed by atoms with Crippen LogP contribution in [0.4, 0.5) is 4.39 Å². The van der Waals surface area contributed by atoms with Crippen molar-refractivity contribution in [3.8, 4) is 0 Å². The minimum Gasteiger partial charge on any atom is -0.303 e. The average molecular weight is 216 g/mol. The van der Waals surface area contributed by atoms with E-state index < -0.39 is 18.2 Å². The summed E-state index contributed by atoms with van der Waals surface area (Å²) in [5.74, 6) is -0.621. The van der Waals surface area contributed by atoms with Crippen molar-refractivity contribution in [2.45, 2.75) is 38.5 Å². The summed E-state index contributed by atoms with van der Waals surface area (Å²) in [5, 5.41) is 0. The Morgan fingerprint density at radius 1 is 1.00 bits per heavy atom. The fourth-order valence-corrected chi connectivity index (χ4v) is 1.08. The van der Waals surface area contributed by atoms with E-state index in [2.05, 4.69) is 0 Å². The molecule has 0 spiro atoms. The summed E-state index contributed by atoms with van der Waals surface area (Å²) in [5.41, 5.74) is 0. The second-order valence-electron chi connectivity index (χ2n) is 3.19. The maximum absolute atomic E-state index is 11.7. The molecule has 0 bridgehead atoms. The number of hydrogen-bond donors (Lipinski definition) is 0. The predicted octanol–water partition coefficient (Wildman–Crippen LogP) is 1.16. The zero-order valence-electron chi connectivity index (χ0n) is 8.33. The van der Waals surface area contributed by atoms with E-state index in [9.17, 15) is 23.6 Å². The first kappa shape index (κ1) is 13.6. The van der Waals surface area contributed by atoms with Gasteiger partial charge in [-0.25, -0.2) is 0 Å². The Bertz CT molecular complexity index is 260. The van der Waals surface area contributed by atoms with Gasteiger partial charge in [-0.1, -0.05) is 0 Å². The van der Waals surface area contributed by atoms with Crippen LogP contribution >= 0.6 is 0 Å². The highest BCUT2D eigenvalue weighted by molar-refractivity contribution is 5.95. The van der Waals surface area contributed by atoms with Crippen LogP contribution in [0.2, 0.25) is 0 Å². The molecule has 0 atom stereocenters. The van der Waals surface area contributed by atoms with Gasteiger partial charge in [0.15, 0.2) is 0 Å². The van der Waals surface area contributed by atoms with Crippen LogP contribution in [0.25, 0.3) is 0 Å². The molecule has 0 radical (unpaired) electrons. The molecule has 0 aromatic carbocycles. The van der Waals surface area contributed by atoms with Crippen LogP contribution in [-0.2, 0) is 19.2 Å². The molecule has 0 aromatic rings. The lowest BCUT2D eigenvalue weighted by Gasteiger charge is -1.97. The molecular weight excluding hydrogens is 203 g/mol. The highest BCUT2D eigenvalue weighted by Crippen LogP contribution is 2.04. The van der Waals surface area contributed by atoms with Crippen molar-refractivity contribution in [1.82, 2.24) is 0 Å². The lowest BCUT2D eigenvalue weighted by molar-refractivity contribution is -0.134. The summed E-state index contributed by atoms with van der Waals surface area (Å²) in [6, 6.07) is -1.63. The summed E-state index contributed by atoms with van der Waals surface area (Å²) >= 11 is 0. The Morgan fingerprint density at radius 2 is 1.53 bits per heavy atom. The molecule has 0 rings (SSSR count). The van der Waals surface area contributed by atoms with Gasteiger partial charge in [0, 0.05) is 12.8 Å². The minimum atomic E-state index is -1.63. The van der Waals surface area contributed by atoms with E-state index in [-0.39, 0.29) is 25.0 Å². The fourth-order valence-electron chi connectivity index (χ4n) is 1.08. The smallest absolute Gasteiger partial charge is 0.303 e. The van der Waals surface area contributed by atoms with Gasteiger partial charge in [0.1, 0.15) is 17.9 Å². The summed E-state index contributed by atoms with van der Waals surface area (Å²) in [7, 11) is 0. The zero-order valence-corrected chi connectivity index (χ0v) is 8.33. The van der Waals surface area contributed by atoms with Crippen molar-refractivity contribution in [2.24, 2.45) is 0 Å². The molecule has 5 heteroatoms. The van der Waals surface area contributed by atoms with Gasteiger partial charge >= 0.3 is 6.04 Å². The van der Waals surface area contributed by atoms with Crippen LogP contribution in [0.1, 0.15) is 38.5 Å². The lowest BCUT2D eigenvalue weighted by atomic mass is 10.1. The van der Waals surface area contributed by atoms with Crippen molar-refractivity contribution >= 4 is 23.9 Å². The third-order valence-corrected chi connectivity index (χ3v) is 1.81. The third-order valence-electron chi connectivity index (χ3n) is 1.81. The molecule has 4 nitrogen and oxygen atoms in total. The van der Waals surface area contributed by atoms with E-state index >= 15 is 0 Å². The first-order valence-electron chi connectivity index (χ1n) is 4.71. The van der Waals surface area contributed by atoms with Crippen molar-refractivity contribution in [3.05, 3.63) is 0 Å². The quantitative estimate of drug-likeness (QED) is 0.251. The lowest BCUT2D eigenvalue weighted by Crippen LogP contribution is -2.04. The van der Waals surface area contributed by atoms with Gasteiger partial charge < -0.3 is 4.79 Å². The van der Waals surface area contributed by atoms with Crippen LogP contribution in [0.15, 0.2) is 0 Å². The number of Topliss-reactive ketones (excluding diaryl/α,β-unsaturated/α-hetero) is 2. The van der Waals surface area contributed by atoms with Crippen LogP contribution < -0.4 is 0 Å². The minimum absolute atomic E-state index is 0.100. The average Bonchev–Trinajstić information content (AvgIpc) is 2.12. The van der Waals surface area contributed by atoms with E-state index in [4.69, 9.17) is 0 Å². The molecular formula is C10H13FO4. The van der Waals surface area contributed by atoms with Crippen molar-refractivity contribution in [1.29, 1.82) is 0 Å². The summed E-state index contributed by atoms with van der Waals surface area (Å²) < 4.78 is 11.7. The maximum Gasteiger partial charge on any atom is 0.308 e. The Morgan fingerprint density at radius 3 is 2.00 bits per heavy atom. The monoisotopic (exact) mass is 216 g/mol. The number of unbranched alkanes of at least 4 members (excludes halogenated alkanes) is 1. The van der Waals surface area contributed by atoms with Crippen molar-refractivity contribution in [3.63, 3.8) is 0 Å². The molecule has 0 fully saturated rings. The standard InChI is InChI=1S/C10H13FO4/c11-10(15)7-9(14)4-2-1-3-8(13)5-6-12/h6H,1-5,7H2. The second kappa shape index (κ2) is 7.96. The SMILES string of the molecule is O=CCC(=O)CCCCC(=O)CC(=O)F. The summed E-state index contributed by atoms with van der Waals surface area (Å²) in [6.07, 6.45) is 1.03. The maximum atomic E-state index is 11.7. The molecule has 0 saturated carbocycles. The summed E-state index contributed by atoms with van der Waals surface area (Å²) in [4.78, 5) is 41.5. The largest absolute Gasteiger partial charge is 0.308 e. The molecule has 15 heavy (non-hydrogen) atoms. The van der Waals surface area contributed by atoms with E-state index in [1.54, 1.807) is 0 Å². The Hall–Kier alpha value is -1.39. The number of carbonyl (C=O) groups is 4. The third kappa shape index (κ3) is 8.93. The van der Waals surface area contributed by atoms with Gasteiger partial charge in [-0.2, -0.15) is 4.39 Å². The van der Waals surface area contributed by atoms with Crippen LogP contribution in [0.5, 0.6) is 0 Å². The molecule has 0 saturated heterocycles. The second-order valence-corrected chi connectivity index (χ2v) is 3.19. The normalized spacial score (nSPS) is 9.67. The van der Waals surface area contributed by atoms with Crippen LogP contribution in [-0.4, -0.2) is 23.9 Å². The van der Waals surface area contributed by atoms with E-state index in [0.29, 0.717) is 19.1 Å². The first-order valence-corrected chi connectivity index (χ1v) is 4.71. The number of hydrogen-bond acceptors (Lipinski definition) is 4. The van der Waals surface area contributed by atoms with Gasteiger partial charge in [-0.05, 0) is 12.8 Å². The number of aldehydes is 1. The molecule has 0 N–H and O–H groups in total. The van der Waals surface area contributed by atoms with Crippen LogP contribution in [0.3, 0.4) is 0 Å². The van der Waals surface area contributed by atoms with Crippen LogP contribution in [0, 0.1) is 0 Å². The topological polar surface area (TPSA) is 68.3 Å². The zero-order chi connectivity index (χ0) is 11.7. The van der Waals surface area contributed by atoms with Gasteiger partial charge in [0.25, 0.3) is 0 Å². The Kier molecular flexibility index (Phi) is 7.23. The van der Waals surface area contributed by atoms with Gasteiger partial charge in [-0.15, -0.1) is 0 Å². The van der Waals surface area contributed by atoms with Crippen molar-refractivity contribution in [2.75, 3.05) is 0 Å². The molecule has 0 amide bonds. The van der Waals surface area contributed by atoms with E-state index in [1.165, 1.54) is 0 Å². The van der Waals surface area contributed by atoms with Crippen molar-refractivity contribution < 1.29 is 23.6 Å². The Balaban J connectivity index is 3.45. The highest BCUT2D eigenvalue weighted by Gasteiger charge is 2.08. The molecule has 0 aromatic heterocycles. The Labute approximate surface area is 86.8 Å². The molecule has 0 aliphatic carbocycles. The predicted molar refractivity (Wildman–Crippen MR) is 49.9 cm³/mol. The first-order chi connectivity index (χ1) is 7.06. The highest BCUT2D eigenvalue weighted by atomic mass is 19.1. The number of rotatable bonds is 9. The van der Waals surface area contributed by atoms with E-state index in [0.717, 1.165) is 0 Å². The van der Waals surface area contributed by atoms with E-state index in [1.807, 2.05) is 0 Å². The molecule has 0 heterocycles. The van der Waals surface area contributed by atoms with Gasteiger partial charge in [0.2, 0.25) is 0 Å². The number of ketones is 2.